The Bertz CT molecular complexity index is 716. The molecule has 0 aromatic heterocycles. The summed E-state index contributed by atoms with van der Waals surface area (Å²) in [5, 5.41) is 2.76. The first-order valence-corrected chi connectivity index (χ1v) is 8.07. The number of carbonyl (C=O) groups is 1. The zero-order valence-corrected chi connectivity index (χ0v) is 13.7. The third-order valence-corrected chi connectivity index (χ3v) is 4.08. The van der Waals surface area contributed by atoms with Crippen LogP contribution in [0.2, 0.25) is 0 Å². The van der Waals surface area contributed by atoms with Crippen LogP contribution in [0.3, 0.4) is 0 Å². The Kier molecular flexibility index (Phi) is 5.11. The Balaban J connectivity index is 1.65. The van der Waals surface area contributed by atoms with Crippen molar-refractivity contribution in [2.24, 2.45) is 0 Å². The van der Waals surface area contributed by atoms with E-state index in [0.29, 0.717) is 18.3 Å². The molecule has 126 valence electrons. The average Bonchev–Trinajstić information content (AvgIpc) is 3.39. The van der Waals surface area contributed by atoms with Crippen LogP contribution < -0.4 is 10.1 Å². The molecule has 0 radical (unpaired) electrons. The van der Waals surface area contributed by atoms with E-state index in [-0.39, 0.29) is 18.3 Å². The number of ether oxygens (including phenoxy) is 1. The van der Waals surface area contributed by atoms with Crippen LogP contribution >= 0.6 is 0 Å². The standard InChI is InChI=1S/C19H21FN2O2/c1-24-18-8-3-2-5-14(18)12-22(17-9-10-17)13-19(23)21-16-7-4-6-15(20)11-16/h2-8,11,17H,9-10,12-13H2,1H3,(H,21,23). The number of para-hydroxylation sites is 1. The highest BCUT2D eigenvalue weighted by molar-refractivity contribution is 5.92. The molecule has 3 rings (SSSR count). The molecule has 2 aromatic carbocycles. The molecule has 1 amide bonds. The Morgan fingerprint density at radius 1 is 1.25 bits per heavy atom. The van der Waals surface area contributed by atoms with E-state index in [0.717, 1.165) is 24.2 Å². The highest BCUT2D eigenvalue weighted by Gasteiger charge is 2.30. The van der Waals surface area contributed by atoms with E-state index in [9.17, 15) is 9.18 Å². The molecule has 1 N–H and O–H groups in total. The van der Waals surface area contributed by atoms with Crippen molar-refractivity contribution < 1.29 is 13.9 Å². The summed E-state index contributed by atoms with van der Waals surface area (Å²) in [6.07, 6.45) is 2.20. The van der Waals surface area contributed by atoms with Gasteiger partial charge in [0.05, 0.1) is 13.7 Å². The molecule has 2 aromatic rings. The quantitative estimate of drug-likeness (QED) is 0.846. The first kappa shape index (κ1) is 16.5. The summed E-state index contributed by atoms with van der Waals surface area (Å²) in [5.74, 6) is 0.331. The van der Waals surface area contributed by atoms with Gasteiger partial charge in [-0.1, -0.05) is 24.3 Å². The molecule has 1 aliphatic rings. The number of nitrogens with one attached hydrogen (secondary N) is 1. The smallest absolute Gasteiger partial charge is 0.238 e. The molecular weight excluding hydrogens is 307 g/mol. The van der Waals surface area contributed by atoms with E-state index in [1.165, 1.54) is 12.1 Å². The summed E-state index contributed by atoms with van der Waals surface area (Å²) in [5.41, 5.74) is 1.54. The molecule has 4 nitrogen and oxygen atoms in total. The van der Waals surface area contributed by atoms with Gasteiger partial charge in [-0.2, -0.15) is 0 Å². The van der Waals surface area contributed by atoms with Crippen LogP contribution in [-0.2, 0) is 11.3 Å². The molecule has 5 heteroatoms. The number of methoxy groups -OCH3 is 1. The number of benzene rings is 2. The minimum Gasteiger partial charge on any atom is -0.496 e. The summed E-state index contributed by atoms with van der Waals surface area (Å²) in [4.78, 5) is 14.4. The fourth-order valence-corrected chi connectivity index (χ4v) is 2.76. The third kappa shape index (κ3) is 4.32. The van der Waals surface area contributed by atoms with E-state index in [4.69, 9.17) is 4.74 Å². The molecule has 0 aliphatic heterocycles. The topological polar surface area (TPSA) is 41.6 Å². The summed E-state index contributed by atoms with van der Waals surface area (Å²) in [6.45, 7) is 0.935. The van der Waals surface area contributed by atoms with Gasteiger partial charge in [-0.25, -0.2) is 4.39 Å². The lowest BCUT2D eigenvalue weighted by Gasteiger charge is -2.22. The molecule has 0 spiro atoms. The fourth-order valence-electron chi connectivity index (χ4n) is 2.76. The fraction of sp³-hybridized carbons (Fsp3) is 0.316. The van der Waals surface area contributed by atoms with Gasteiger partial charge in [0, 0.05) is 23.8 Å². The Labute approximate surface area is 141 Å². The van der Waals surface area contributed by atoms with Crippen LogP contribution in [0, 0.1) is 5.82 Å². The summed E-state index contributed by atoms with van der Waals surface area (Å²) in [7, 11) is 1.65. The van der Waals surface area contributed by atoms with Gasteiger partial charge < -0.3 is 10.1 Å². The lowest BCUT2D eigenvalue weighted by molar-refractivity contribution is -0.117. The van der Waals surface area contributed by atoms with Crippen molar-refractivity contribution >= 4 is 11.6 Å². The van der Waals surface area contributed by atoms with E-state index < -0.39 is 0 Å². The lowest BCUT2D eigenvalue weighted by Crippen LogP contribution is -2.34. The van der Waals surface area contributed by atoms with Gasteiger partial charge in [0.15, 0.2) is 0 Å². The highest BCUT2D eigenvalue weighted by atomic mass is 19.1. The second kappa shape index (κ2) is 7.45. The number of halogens is 1. The summed E-state index contributed by atoms with van der Waals surface area (Å²) < 4.78 is 18.6. The van der Waals surface area contributed by atoms with Gasteiger partial charge in [0.25, 0.3) is 0 Å². The van der Waals surface area contributed by atoms with E-state index in [1.54, 1.807) is 19.2 Å². The Hall–Kier alpha value is -2.40. The number of amides is 1. The van der Waals surface area contributed by atoms with Crippen LogP contribution in [0.1, 0.15) is 18.4 Å². The van der Waals surface area contributed by atoms with Crippen LogP contribution in [0.4, 0.5) is 10.1 Å². The van der Waals surface area contributed by atoms with Crippen molar-refractivity contribution in [1.29, 1.82) is 0 Å². The van der Waals surface area contributed by atoms with Gasteiger partial charge in [0.1, 0.15) is 11.6 Å². The maximum Gasteiger partial charge on any atom is 0.238 e. The second-order valence-corrected chi connectivity index (χ2v) is 6.01. The maximum atomic E-state index is 13.2. The van der Waals surface area contributed by atoms with Gasteiger partial charge in [0.2, 0.25) is 5.91 Å². The first-order chi connectivity index (χ1) is 11.7. The van der Waals surface area contributed by atoms with Crippen LogP contribution in [0.5, 0.6) is 5.75 Å². The number of anilines is 1. The highest BCUT2D eigenvalue weighted by Crippen LogP contribution is 2.30. The monoisotopic (exact) mass is 328 g/mol. The minimum atomic E-state index is -0.360. The van der Waals surface area contributed by atoms with Crippen molar-refractivity contribution in [3.63, 3.8) is 0 Å². The molecule has 0 bridgehead atoms. The molecule has 1 fully saturated rings. The van der Waals surface area contributed by atoms with Gasteiger partial charge in [-0.3, -0.25) is 9.69 Å². The van der Waals surface area contributed by atoms with Crippen LogP contribution in [0.15, 0.2) is 48.5 Å². The average molecular weight is 328 g/mol. The predicted octanol–water partition coefficient (Wildman–Crippen LogP) is 3.44. The zero-order valence-electron chi connectivity index (χ0n) is 13.7. The lowest BCUT2D eigenvalue weighted by atomic mass is 10.2. The Morgan fingerprint density at radius 3 is 2.75 bits per heavy atom. The molecule has 1 aliphatic carbocycles. The number of hydrogen-bond donors (Lipinski definition) is 1. The molecule has 24 heavy (non-hydrogen) atoms. The van der Waals surface area contributed by atoms with Crippen LogP contribution in [0.25, 0.3) is 0 Å². The SMILES string of the molecule is COc1ccccc1CN(CC(=O)Nc1cccc(F)c1)C1CC1. The Morgan fingerprint density at radius 2 is 2.04 bits per heavy atom. The molecule has 0 unspecified atom stereocenters. The van der Waals surface area contributed by atoms with E-state index >= 15 is 0 Å². The second-order valence-electron chi connectivity index (χ2n) is 6.01. The van der Waals surface area contributed by atoms with Crippen molar-refractivity contribution in [1.82, 2.24) is 4.90 Å². The third-order valence-electron chi connectivity index (χ3n) is 4.08. The van der Waals surface area contributed by atoms with Gasteiger partial charge in [-0.05, 0) is 37.1 Å². The molecular formula is C19H21FN2O2. The molecule has 0 heterocycles. The van der Waals surface area contributed by atoms with E-state index in [1.807, 2.05) is 24.3 Å². The van der Waals surface area contributed by atoms with Crippen molar-refractivity contribution in [2.75, 3.05) is 19.0 Å². The van der Waals surface area contributed by atoms with Gasteiger partial charge in [-0.15, -0.1) is 0 Å². The predicted molar refractivity (Wildman–Crippen MR) is 91.5 cm³/mol. The molecule has 0 atom stereocenters. The summed E-state index contributed by atoms with van der Waals surface area (Å²) in [6, 6.07) is 14.2. The van der Waals surface area contributed by atoms with Crippen LogP contribution in [-0.4, -0.2) is 30.5 Å². The maximum absolute atomic E-state index is 13.2. The first-order valence-electron chi connectivity index (χ1n) is 8.07. The van der Waals surface area contributed by atoms with Gasteiger partial charge >= 0.3 is 0 Å². The van der Waals surface area contributed by atoms with Crippen molar-refractivity contribution in [3.05, 3.63) is 59.9 Å². The number of nitrogens with zero attached hydrogens (tertiary/aromatic N) is 1. The van der Waals surface area contributed by atoms with Crippen molar-refractivity contribution in [3.8, 4) is 5.75 Å². The number of rotatable bonds is 7. The normalized spacial score (nSPS) is 13.8. The van der Waals surface area contributed by atoms with E-state index in [2.05, 4.69) is 10.2 Å². The largest absolute Gasteiger partial charge is 0.496 e. The number of carbonyl (C=O) groups excluding carboxylic acids is 1. The van der Waals surface area contributed by atoms with Crippen molar-refractivity contribution in [2.45, 2.75) is 25.4 Å². The summed E-state index contributed by atoms with van der Waals surface area (Å²) >= 11 is 0. The zero-order chi connectivity index (χ0) is 16.9. The number of hydrogen-bond acceptors (Lipinski definition) is 3. The minimum absolute atomic E-state index is 0.137. The molecule has 1 saturated carbocycles. The molecule has 0 saturated heterocycles.